The number of nitrogens with zero attached hydrogens (tertiary/aromatic N) is 4. The molecule has 0 bridgehead atoms. The van der Waals surface area contributed by atoms with Crippen molar-refractivity contribution >= 4 is 28.6 Å². The minimum atomic E-state index is 0.168. The Hall–Kier alpha value is -3.84. The van der Waals surface area contributed by atoms with Gasteiger partial charge in [0.25, 0.3) is 0 Å². The second kappa shape index (κ2) is 10.9. The molecule has 1 amide bonds. The molecule has 0 unspecified atom stereocenters. The van der Waals surface area contributed by atoms with Gasteiger partial charge in [0.2, 0.25) is 5.91 Å². The van der Waals surface area contributed by atoms with Crippen LogP contribution in [0.5, 0.6) is 0 Å². The van der Waals surface area contributed by atoms with Crippen molar-refractivity contribution in [2.45, 2.75) is 31.3 Å². The molecular formula is C31H31N5OS. The lowest BCUT2D eigenvalue weighted by molar-refractivity contribution is -0.129. The molecule has 5 aromatic rings. The van der Waals surface area contributed by atoms with Crippen LogP contribution in [0, 0.1) is 12.8 Å². The van der Waals surface area contributed by atoms with E-state index < -0.39 is 0 Å². The predicted molar refractivity (Wildman–Crippen MR) is 154 cm³/mol. The molecule has 192 valence electrons. The van der Waals surface area contributed by atoms with Crippen LogP contribution in [0.1, 0.15) is 24.0 Å². The summed E-state index contributed by atoms with van der Waals surface area (Å²) in [5.41, 5.74) is 5.59. The van der Waals surface area contributed by atoms with Gasteiger partial charge in [0.05, 0.1) is 11.4 Å². The number of piperidine rings is 1. The molecule has 1 fully saturated rings. The summed E-state index contributed by atoms with van der Waals surface area (Å²) < 4.78 is 2.09. The number of carbonyl (C=O) groups is 1. The van der Waals surface area contributed by atoms with E-state index in [2.05, 4.69) is 81.3 Å². The molecule has 38 heavy (non-hydrogen) atoms. The molecule has 0 aliphatic carbocycles. The Kier molecular flexibility index (Phi) is 7.01. The number of para-hydroxylation sites is 2. The van der Waals surface area contributed by atoms with Crippen molar-refractivity contribution in [2.75, 3.05) is 18.8 Å². The Bertz CT molecular complexity index is 1550. The minimum absolute atomic E-state index is 0.168. The molecule has 7 heteroatoms. The number of thioether (sulfide) groups is 1. The van der Waals surface area contributed by atoms with E-state index in [4.69, 9.17) is 0 Å². The number of carbonyl (C=O) groups excluding carboxylic acids is 1. The van der Waals surface area contributed by atoms with Crippen molar-refractivity contribution in [1.82, 2.24) is 24.6 Å². The van der Waals surface area contributed by atoms with Crippen LogP contribution in [-0.2, 0) is 11.2 Å². The molecular weight excluding hydrogens is 490 g/mol. The maximum absolute atomic E-state index is 13.2. The molecule has 0 radical (unpaired) electrons. The standard InChI is InChI=1S/C31H31N5OS/c1-22-9-5-8-14-28(22)36-30(26-20-32-27-13-7-6-12-25(26)27)33-34-31(36)38-21-29(37)35-17-15-24(16-18-35)19-23-10-3-2-4-11-23/h2-14,20,24,32H,15-19,21H2,1H3. The van der Waals surface area contributed by atoms with Crippen molar-refractivity contribution in [3.05, 3.63) is 96.2 Å². The van der Waals surface area contributed by atoms with E-state index in [1.165, 1.54) is 17.3 Å². The molecule has 1 aliphatic heterocycles. The van der Waals surface area contributed by atoms with Gasteiger partial charge in [0.15, 0.2) is 11.0 Å². The maximum atomic E-state index is 13.2. The second-order valence-electron chi connectivity index (χ2n) is 9.98. The van der Waals surface area contributed by atoms with Crippen molar-refractivity contribution in [3.63, 3.8) is 0 Å². The number of hydrogen-bond donors (Lipinski definition) is 1. The van der Waals surface area contributed by atoms with Gasteiger partial charge in [-0.15, -0.1) is 10.2 Å². The average molecular weight is 522 g/mol. The number of nitrogens with one attached hydrogen (secondary N) is 1. The summed E-state index contributed by atoms with van der Waals surface area (Å²) in [6, 6.07) is 27.1. The first-order valence-corrected chi connectivity index (χ1v) is 14.2. The quantitative estimate of drug-likeness (QED) is 0.255. The molecule has 1 N–H and O–H groups in total. The van der Waals surface area contributed by atoms with Gasteiger partial charge in [-0.1, -0.05) is 78.5 Å². The van der Waals surface area contributed by atoms with Gasteiger partial charge in [-0.25, -0.2) is 0 Å². The molecule has 1 saturated heterocycles. The van der Waals surface area contributed by atoms with Crippen LogP contribution in [0.15, 0.2) is 90.2 Å². The van der Waals surface area contributed by atoms with Crippen LogP contribution >= 0.6 is 11.8 Å². The highest BCUT2D eigenvalue weighted by Crippen LogP contribution is 2.33. The fourth-order valence-corrected chi connectivity index (χ4v) is 6.22. The van der Waals surface area contributed by atoms with Crippen LogP contribution in [-0.4, -0.2) is 49.4 Å². The van der Waals surface area contributed by atoms with Crippen molar-refractivity contribution in [2.24, 2.45) is 5.92 Å². The number of aromatic nitrogens is 4. The summed E-state index contributed by atoms with van der Waals surface area (Å²) in [6.07, 6.45) is 5.18. The first kappa shape index (κ1) is 24.5. The van der Waals surface area contributed by atoms with Gasteiger partial charge < -0.3 is 9.88 Å². The molecule has 0 spiro atoms. The van der Waals surface area contributed by atoms with E-state index >= 15 is 0 Å². The topological polar surface area (TPSA) is 66.8 Å². The molecule has 3 aromatic carbocycles. The molecule has 0 atom stereocenters. The number of aryl methyl sites for hydroxylation is 1. The van der Waals surface area contributed by atoms with E-state index in [-0.39, 0.29) is 5.91 Å². The Morgan fingerprint density at radius 1 is 0.947 bits per heavy atom. The van der Waals surface area contributed by atoms with Gasteiger partial charge in [0, 0.05) is 35.8 Å². The zero-order valence-electron chi connectivity index (χ0n) is 21.5. The minimum Gasteiger partial charge on any atom is -0.360 e. The average Bonchev–Trinajstić information content (AvgIpc) is 3.57. The van der Waals surface area contributed by atoms with Crippen LogP contribution in [0.4, 0.5) is 0 Å². The van der Waals surface area contributed by atoms with Crippen LogP contribution in [0.25, 0.3) is 28.0 Å². The Balaban J connectivity index is 1.19. The lowest BCUT2D eigenvalue weighted by Gasteiger charge is -2.32. The van der Waals surface area contributed by atoms with Gasteiger partial charge in [0.1, 0.15) is 0 Å². The van der Waals surface area contributed by atoms with Crippen LogP contribution in [0.2, 0.25) is 0 Å². The highest BCUT2D eigenvalue weighted by Gasteiger charge is 2.25. The summed E-state index contributed by atoms with van der Waals surface area (Å²) >= 11 is 1.47. The van der Waals surface area contributed by atoms with Gasteiger partial charge in [-0.3, -0.25) is 9.36 Å². The third kappa shape index (κ3) is 4.98. The summed E-state index contributed by atoms with van der Waals surface area (Å²) in [5, 5.41) is 11.0. The SMILES string of the molecule is Cc1ccccc1-n1c(SCC(=O)N2CCC(Cc3ccccc3)CC2)nnc1-c1c[nH]c2ccccc12. The van der Waals surface area contributed by atoms with Crippen LogP contribution in [0.3, 0.4) is 0 Å². The Morgan fingerprint density at radius 3 is 2.50 bits per heavy atom. The monoisotopic (exact) mass is 521 g/mol. The first-order chi connectivity index (χ1) is 18.7. The van der Waals surface area contributed by atoms with E-state index in [1.54, 1.807) is 0 Å². The number of amides is 1. The maximum Gasteiger partial charge on any atom is 0.233 e. The molecule has 0 saturated carbocycles. The predicted octanol–water partition coefficient (Wildman–Crippen LogP) is 6.30. The highest BCUT2D eigenvalue weighted by atomic mass is 32.2. The Morgan fingerprint density at radius 2 is 1.68 bits per heavy atom. The van der Waals surface area contributed by atoms with E-state index in [1.807, 2.05) is 35.4 Å². The number of H-pyrrole nitrogens is 1. The van der Waals surface area contributed by atoms with E-state index in [9.17, 15) is 4.79 Å². The number of fused-ring (bicyclic) bond motifs is 1. The molecule has 3 heterocycles. The smallest absolute Gasteiger partial charge is 0.233 e. The second-order valence-corrected chi connectivity index (χ2v) is 10.9. The first-order valence-electron chi connectivity index (χ1n) is 13.2. The number of aromatic amines is 1. The molecule has 6 rings (SSSR count). The molecule has 1 aliphatic rings. The number of benzene rings is 3. The Labute approximate surface area is 227 Å². The van der Waals surface area contributed by atoms with Crippen molar-refractivity contribution in [3.8, 4) is 17.1 Å². The van der Waals surface area contributed by atoms with Gasteiger partial charge in [-0.05, 0) is 55.4 Å². The summed E-state index contributed by atoms with van der Waals surface area (Å²) in [5.74, 6) is 1.92. The molecule has 2 aromatic heterocycles. The van der Waals surface area contributed by atoms with Crippen molar-refractivity contribution in [1.29, 1.82) is 0 Å². The zero-order valence-corrected chi connectivity index (χ0v) is 22.3. The summed E-state index contributed by atoms with van der Waals surface area (Å²) in [4.78, 5) is 18.6. The number of likely N-dealkylation sites (tertiary alicyclic amines) is 1. The zero-order chi connectivity index (χ0) is 25.9. The summed E-state index contributed by atoms with van der Waals surface area (Å²) in [7, 11) is 0. The third-order valence-corrected chi connectivity index (χ3v) is 8.39. The number of rotatable bonds is 7. The fraction of sp³-hybridized carbons (Fsp3) is 0.258. The number of hydrogen-bond acceptors (Lipinski definition) is 4. The van der Waals surface area contributed by atoms with Gasteiger partial charge >= 0.3 is 0 Å². The van der Waals surface area contributed by atoms with Gasteiger partial charge in [-0.2, -0.15) is 0 Å². The summed E-state index contributed by atoms with van der Waals surface area (Å²) in [6.45, 7) is 3.73. The van der Waals surface area contributed by atoms with E-state index in [0.29, 0.717) is 11.7 Å². The normalized spacial score (nSPS) is 14.3. The lowest BCUT2D eigenvalue weighted by Crippen LogP contribution is -2.39. The third-order valence-electron chi connectivity index (χ3n) is 7.48. The highest BCUT2D eigenvalue weighted by molar-refractivity contribution is 7.99. The van der Waals surface area contributed by atoms with E-state index in [0.717, 1.165) is 71.1 Å². The lowest BCUT2D eigenvalue weighted by atomic mass is 9.90. The largest absolute Gasteiger partial charge is 0.360 e. The van der Waals surface area contributed by atoms with Crippen LogP contribution < -0.4 is 0 Å². The molecule has 6 nitrogen and oxygen atoms in total. The van der Waals surface area contributed by atoms with Crippen molar-refractivity contribution < 1.29 is 4.79 Å². The fourth-order valence-electron chi connectivity index (χ4n) is 5.38.